The van der Waals surface area contributed by atoms with Gasteiger partial charge in [-0.15, -0.1) is 0 Å². The highest BCUT2D eigenvalue weighted by atomic mass is 16.5. The molecule has 2 saturated heterocycles. The van der Waals surface area contributed by atoms with E-state index in [1.54, 1.807) is 4.90 Å². The Balaban J connectivity index is 1.94. The van der Waals surface area contributed by atoms with Gasteiger partial charge in [-0.1, -0.05) is 0 Å². The van der Waals surface area contributed by atoms with Gasteiger partial charge in [0, 0.05) is 13.2 Å². The Morgan fingerprint density at radius 1 is 1.28 bits per heavy atom. The number of carbonyl (C=O) groups excluding carboxylic acids is 2. The fourth-order valence-electron chi connectivity index (χ4n) is 2.73. The van der Waals surface area contributed by atoms with Gasteiger partial charge in [-0.25, -0.2) is 4.79 Å². The Morgan fingerprint density at radius 3 is 2.78 bits per heavy atom. The summed E-state index contributed by atoms with van der Waals surface area (Å²) in [5.41, 5.74) is 0. The average Bonchev–Trinajstić information content (AvgIpc) is 2.90. The summed E-state index contributed by atoms with van der Waals surface area (Å²) in [6.07, 6.45) is 5.06. The van der Waals surface area contributed by atoms with Gasteiger partial charge >= 0.3 is 5.97 Å². The van der Waals surface area contributed by atoms with Crippen molar-refractivity contribution in [1.29, 1.82) is 0 Å². The lowest BCUT2D eigenvalue weighted by molar-refractivity contribution is -0.155. The zero-order valence-electron chi connectivity index (χ0n) is 10.9. The molecule has 0 aromatic heterocycles. The fourth-order valence-corrected chi connectivity index (χ4v) is 2.73. The Kier molecular flexibility index (Phi) is 4.58. The summed E-state index contributed by atoms with van der Waals surface area (Å²) in [4.78, 5) is 25.6. The number of esters is 1. The number of nitrogens with zero attached hydrogens (tertiary/aromatic N) is 1. The van der Waals surface area contributed by atoms with E-state index in [1.807, 2.05) is 0 Å². The Morgan fingerprint density at radius 2 is 2.11 bits per heavy atom. The van der Waals surface area contributed by atoms with Crippen molar-refractivity contribution < 1.29 is 19.1 Å². The van der Waals surface area contributed by atoms with E-state index in [-0.39, 0.29) is 18.0 Å². The first-order valence-electron chi connectivity index (χ1n) is 6.71. The second kappa shape index (κ2) is 6.18. The molecule has 18 heavy (non-hydrogen) atoms. The molecule has 0 N–H and O–H groups in total. The predicted octanol–water partition coefficient (Wildman–Crippen LogP) is 1.11. The number of hydrogen-bond donors (Lipinski definition) is 0. The number of hydrogen-bond acceptors (Lipinski definition) is 4. The van der Waals surface area contributed by atoms with Crippen molar-refractivity contribution in [1.82, 2.24) is 4.90 Å². The molecule has 0 aromatic carbocycles. The lowest BCUT2D eigenvalue weighted by Crippen LogP contribution is -2.49. The third kappa shape index (κ3) is 3.02. The molecule has 2 unspecified atom stereocenters. The third-order valence-corrected chi connectivity index (χ3v) is 3.72. The molecule has 0 radical (unpaired) electrons. The van der Waals surface area contributed by atoms with E-state index in [0.29, 0.717) is 19.4 Å². The van der Waals surface area contributed by atoms with Crippen LogP contribution >= 0.6 is 0 Å². The number of methoxy groups -OCH3 is 1. The molecule has 2 atom stereocenters. The van der Waals surface area contributed by atoms with E-state index < -0.39 is 6.04 Å². The van der Waals surface area contributed by atoms with Gasteiger partial charge in [0.15, 0.2) is 0 Å². The molecule has 0 aromatic rings. The van der Waals surface area contributed by atoms with E-state index in [1.165, 1.54) is 7.11 Å². The maximum atomic E-state index is 12.2. The van der Waals surface area contributed by atoms with Gasteiger partial charge in [-0.05, 0) is 32.1 Å². The van der Waals surface area contributed by atoms with Crippen molar-refractivity contribution in [3.8, 4) is 0 Å². The molecule has 0 spiro atoms. The summed E-state index contributed by atoms with van der Waals surface area (Å²) >= 11 is 0. The van der Waals surface area contributed by atoms with Crippen LogP contribution in [0.25, 0.3) is 0 Å². The Bertz CT molecular complexity index is 312. The summed E-state index contributed by atoms with van der Waals surface area (Å²) in [5, 5.41) is 0. The second-order valence-corrected chi connectivity index (χ2v) is 4.96. The standard InChI is InChI=1S/C13H21NO4/c1-17-13(16)11-6-2-3-7-14(11)12(15)9-10-5-4-8-18-10/h10-11H,2-9H2,1H3. The van der Waals surface area contributed by atoms with Gasteiger partial charge in [-0.2, -0.15) is 0 Å². The Hall–Kier alpha value is -1.10. The Labute approximate surface area is 107 Å². The largest absolute Gasteiger partial charge is 0.467 e. The molecule has 0 saturated carbocycles. The van der Waals surface area contributed by atoms with Crippen molar-refractivity contribution in [3.63, 3.8) is 0 Å². The van der Waals surface area contributed by atoms with Crippen LogP contribution in [0.15, 0.2) is 0 Å². The van der Waals surface area contributed by atoms with Crippen molar-refractivity contribution in [2.75, 3.05) is 20.3 Å². The van der Waals surface area contributed by atoms with Crippen LogP contribution in [-0.2, 0) is 19.1 Å². The number of piperidine rings is 1. The minimum atomic E-state index is -0.391. The molecule has 5 nitrogen and oxygen atoms in total. The molecule has 2 aliphatic heterocycles. The first-order chi connectivity index (χ1) is 8.72. The monoisotopic (exact) mass is 255 g/mol. The molecular weight excluding hydrogens is 234 g/mol. The van der Waals surface area contributed by atoms with Gasteiger partial charge < -0.3 is 14.4 Å². The van der Waals surface area contributed by atoms with E-state index >= 15 is 0 Å². The van der Waals surface area contributed by atoms with Crippen LogP contribution in [-0.4, -0.2) is 49.2 Å². The summed E-state index contributed by atoms with van der Waals surface area (Å²) in [7, 11) is 1.37. The van der Waals surface area contributed by atoms with Gasteiger partial charge in [-0.3, -0.25) is 4.79 Å². The smallest absolute Gasteiger partial charge is 0.328 e. The zero-order valence-corrected chi connectivity index (χ0v) is 10.9. The quantitative estimate of drug-likeness (QED) is 0.709. The second-order valence-electron chi connectivity index (χ2n) is 4.96. The molecule has 0 aliphatic carbocycles. The lowest BCUT2D eigenvalue weighted by atomic mass is 10.0. The topological polar surface area (TPSA) is 55.8 Å². The zero-order chi connectivity index (χ0) is 13.0. The maximum Gasteiger partial charge on any atom is 0.328 e. The summed E-state index contributed by atoms with van der Waals surface area (Å²) in [5.74, 6) is -0.271. The van der Waals surface area contributed by atoms with E-state index in [4.69, 9.17) is 9.47 Å². The van der Waals surface area contributed by atoms with Gasteiger partial charge in [0.2, 0.25) is 5.91 Å². The molecule has 2 aliphatic rings. The lowest BCUT2D eigenvalue weighted by Gasteiger charge is -2.34. The number of rotatable bonds is 3. The molecule has 0 bridgehead atoms. The van der Waals surface area contributed by atoms with Crippen LogP contribution in [0.2, 0.25) is 0 Å². The number of ether oxygens (including phenoxy) is 2. The maximum absolute atomic E-state index is 12.2. The fraction of sp³-hybridized carbons (Fsp3) is 0.846. The molecule has 102 valence electrons. The van der Waals surface area contributed by atoms with E-state index in [9.17, 15) is 9.59 Å². The molecule has 2 heterocycles. The van der Waals surface area contributed by atoms with Gasteiger partial charge in [0.05, 0.1) is 19.6 Å². The van der Waals surface area contributed by atoms with Crippen molar-refractivity contribution in [3.05, 3.63) is 0 Å². The normalized spacial score (nSPS) is 28.2. The van der Waals surface area contributed by atoms with Crippen LogP contribution in [0, 0.1) is 0 Å². The third-order valence-electron chi connectivity index (χ3n) is 3.72. The van der Waals surface area contributed by atoms with Crippen LogP contribution in [0.3, 0.4) is 0 Å². The van der Waals surface area contributed by atoms with Crippen LogP contribution < -0.4 is 0 Å². The molecule has 2 fully saturated rings. The van der Waals surface area contributed by atoms with E-state index in [0.717, 1.165) is 32.3 Å². The van der Waals surface area contributed by atoms with Crippen LogP contribution in [0.5, 0.6) is 0 Å². The number of amides is 1. The van der Waals surface area contributed by atoms with Crippen LogP contribution in [0.1, 0.15) is 38.5 Å². The average molecular weight is 255 g/mol. The SMILES string of the molecule is COC(=O)C1CCCCN1C(=O)CC1CCCO1. The van der Waals surface area contributed by atoms with Gasteiger partial charge in [0.1, 0.15) is 6.04 Å². The summed E-state index contributed by atoms with van der Waals surface area (Å²) < 4.78 is 10.2. The number of carbonyl (C=O) groups is 2. The first-order valence-corrected chi connectivity index (χ1v) is 6.71. The predicted molar refractivity (Wildman–Crippen MR) is 65.0 cm³/mol. The first kappa shape index (κ1) is 13.3. The minimum Gasteiger partial charge on any atom is -0.467 e. The van der Waals surface area contributed by atoms with Crippen molar-refractivity contribution in [2.24, 2.45) is 0 Å². The number of likely N-dealkylation sites (tertiary alicyclic amines) is 1. The summed E-state index contributed by atoms with van der Waals surface area (Å²) in [6, 6.07) is -0.391. The minimum absolute atomic E-state index is 0.0250. The molecule has 5 heteroatoms. The van der Waals surface area contributed by atoms with Gasteiger partial charge in [0.25, 0.3) is 0 Å². The van der Waals surface area contributed by atoms with Crippen molar-refractivity contribution in [2.45, 2.75) is 50.7 Å². The highest BCUT2D eigenvalue weighted by Crippen LogP contribution is 2.22. The molecule has 1 amide bonds. The highest BCUT2D eigenvalue weighted by Gasteiger charge is 2.34. The van der Waals surface area contributed by atoms with Crippen molar-refractivity contribution >= 4 is 11.9 Å². The van der Waals surface area contributed by atoms with Crippen LogP contribution in [0.4, 0.5) is 0 Å². The summed E-state index contributed by atoms with van der Waals surface area (Å²) in [6.45, 7) is 1.41. The van der Waals surface area contributed by atoms with E-state index in [2.05, 4.69) is 0 Å². The highest BCUT2D eigenvalue weighted by molar-refractivity contribution is 5.85. The molecule has 2 rings (SSSR count). The molecular formula is C13H21NO4.